The van der Waals surface area contributed by atoms with Crippen LogP contribution in [0, 0.1) is 0 Å². The monoisotopic (exact) mass is 258 g/mol. The summed E-state index contributed by atoms with van der Waals surface area (Å²) in [6.07, 6.45) is 0.238. The van der Waals surface area contributed by atoms with Crippen molar-refractivity contribution in [2.24, 2.45) is 0 Å². The van der Waals surface area contributed by atoms with Gasteiger partial charge in [-0.3, -0.25) is 0 Å². The number of carbonyl (C=O) groups is 2. The molecule has 104 valence electrons. The number of nitrogens with one attached hydrogen (secondary N) is 1. The third-order valence-electron chi connectivity index (χ3n) is 2.34. The molecule has 0 saturated heterocycles. The molecule has 0 aromatic carbocycles. The van der Waals surface area contributed by atoms with Crippen molar-refractivity contribution in [2.75, 3.05) is 26.8 Å². The van der Waals surface area contributed by atoms with E-state index < -0.39 is 18.0 Å². The molecule has 0 aliphatic carbocycles. The Hall–Kier alpha value is -1.56. The average Bonchev–Trinajstić information content (AvgIpc) is 2.30. The highest BCUT2D eigenvalue weighted by atomic mass is 16.5. The number of carboxylic acids is 1. The maximum Gasteiger partial charge on any atom is 0.326 e. The van der Waals surface area contributed by atoms with Crippen LogP contribution in [0.1, 0.15) is 20.3 Å². The molecule has 0 aliphatic heterocycles. The van der Waals surface area contributed by atoms with Crippen molar-refractivity contribution >= 4 is 12.0 Å². The number of hydrogen-bond donors (Lipinski definition) is 2. The van der Waals surface area contributed by atoms with Crippen molar-refractivity contribution < 1.29 is 19.4 Å². The third kappa shape index (κ3) is 6.24. The maximum atomic E-state index is 11.9. The Bertz CT molecular complexity index is 304. The molecule has 0 fully saturated rings. The summed E-state index contributed by atoms with van der Waals surface area (Å²) in [4.78, 5) is 24.3. The standard InChI is InChI=1S/C12H22N2O4/c1-5-14(8-9(2)3)12(17)13-10(11(15)16)6-7-18-4/h10H,2,5-8H2,1,3-4H3,(H,13,17)(H,15,16). The zero-order valence-electron chi connectivity index (χ0n) is 11.2. The number of carbonyl (C=O) groups excluding carboxylic acids is 1. The summed E-state index contributed by atoms with van der Waals surface area (Å²) in [7, 11) is 1.49. The van der Waals surface area contributed by atoms with Crippen LogP contribution in [0.15, 0.2) is 12.2 Å². The minimum absolute atomic E-state index is 0.238. The van der Waals surface area contributed by atoms with Crippen LogP contribution in [-0.2, 0) is 9.53 Å². The van der Waals surface area contributed by atoms with Crippen molar-refractivity contribution in [3.8, 4) is 0 Å². The first-order valence-corrected chi connectivity index (χ1v) is 5.83. The second-order valence-corrected chi connectivity index (χ2v) is 4.09. The number of carboxylic acid groups (broad SMARTS) is 1. The van der Waals surface area contributed by atoms with Crippen LogP contribution >= 0.6 is 0 Å². The molecule has 2 amide bonds. The van der Waals surface area contributed by atoms with Gasteiger partial charge >= 0.3 is 12.0 Å². The number of likely N-dealkylation sites (N-methyl/N-ethyl adjacent to an activating group) is 1. The van der Waals surface area contributed by atoms with E-state index in [2.05, 4.69) is 11.9 Å². The minimum Gasteiger partial charge on any atom is -0.480 e. The van der Waals surface area contributed by atoms with Crippen LogP contribution in [0.25, 0.3) is 0 Å². The van der Waals surface area contributed by atoms with Gasteiger partial charge in [0, 0.05) is 33.2 Å². The Balaban J connectivity index is 4.46. The van der Waals surface area contributed by atoms with Gasteiger partial charge in [-0.1, -0.05) is 12.2 Å². The summed E-state index contributed by atoms with van der Waals surface area (Å²) in [5.74, 6) is -1.06. The lowest BCUT2D eigenvalue weighted by molar-refractivity contribution is -0.139. The summed E-state index contributed by atoms with van der Waals surface area (Å²) < 4.78 is 4.81. The highest BCUT2D eigenvalue weighted by Gasteiger charge is 2.22. The Kier molecular flexibility index (Phi) is 7.78. The molecule has 1 unspecified atom stereocenters. The third-order valence-corrected chi connectivity index (χ3v) is 2.34. The first kappa shape index (κ1) is 16.4. The lowest BCUT2D eigenvalue weighted by Gasteiger charge is -2.24. The zero-order chi connectivity index (χ0) is 14.1. The molecular weight excluding hydrogens is 236 g/mol. The Morgan fingerprint density at radius 3 is 2.50 bits per heavy atom. The van der Waals surface area contributed by atoms with Crippen molar-refractivity contribution in [1.82, 2.24) is 10.2 Å². The molecule has 1 atom stereocenters. The first-order valence-electron chi connectivity index (χ1n) is 5.83. The van der Waals surface area contributed by atoms with E-state index in [0.29, 0.717) is 13.1 Å². The second-order valence-electron chi connectivity index (χ2n) is 4.09. The fraction of sp³-hybridized carbons (Fsp3) is 0.667. The maximum absolute atomic E-state index is 11.9. The second kappa shape index (κ2) is 8.52. The van der Waals surface area contributed by atoms with E-state index in [-0.39, 0.29) is 13.0 Å². The SMILES string of the molecule is C=C(C)CN(CC)C(=O)NC(CCOC)C(=O)O. The molecule has 6 heteroatoms. The van der Waals surface area contributed by atoms with Gasteiger partial charge in [-0.2, -0.15) is 0 Å². The summed E-state index contributed by atoms with van der Waals surface area (Å²) >= 11 is 0. The molecule has 0 bridgehead atoms. The minimum atomic E-state index is -1.06. The van der Waals surface area contributed by atoms with Gasteiger partial charge in [0.2, 0.25) is 0 Å². The number of nitrogens with zero attached hydrogens (tertiary/aromatic N) is 1. The van der Waals surface area contributed by atoms with Crippen LogP contribution in [0.3, 0.4) is 0 Å². The summed E-state index contributed by atoms with van der Waals surface area (Å²) in [5, 5.41) is 11.5. The highest BCUT2D eigenvalue weighted by Crippen LogP contribution is 1.99. The number of methoxy groups -OCH3 is 1. The smallest absolute Gasteiger partial charge is 0.326 e. The van der Waals surface area contributed by atoms with Gasteiger partial charge in [0.25, 0.3) is 0 Å². The molecule has 0 aromatic rings. The number of rotatable bonds is 8. The van der Waals surface area contributed by atoms with Gasteiger partial charge < -0.3 is 20.1 Å². The van der Waals surface area contributed by atoms with Gasteiger partial charge in [0.1, 0.15) is 6.04 Å². The molecule has 2 N–H and O–H groups in total. The van der Waals surface area contributed by atoms with E-state index in [1.165, 1.54) is 12.0 Å². The molecule has 0 spiro atoms. The number of amides is 2. The van der Waals surface area contributed by atoms with E-state index in [1.807, 2.05) is 13.8 Å². The summed E-state index contributed by atoms with van der Waals surface area (Å²) in [6, 6.07) is -1.33. The number of urea groups is 1. The van der Waals surface area contributed by atoms with Crippen molar-refractivity contribution in [1.29, 1.82) is 0 Å². The molecule has 0 heterocycles. The van der Waals surface area contributed by atoms with Gasteiger partial charge in [0.05, 0.1) is 0 Å². The molecule has 0 aromatic heterocycles. The molecule has 0 radical (unpaired) electrons. The Morgan fingerprint density at radius 1 is 1.50 bits per heavy atom. The lowest BCUT2D eigenvalue weighted by atomic mass is 10.2. The Morgan fingerprint density at radius 2 is 2.11 bits per heavy atom. The highest BCUT2D eigenvalue weighted by molar-refractivity contribution is 5.82. The van der Waals surface area contributed by atoms with Crippen LogP contribution in [0.2, 0.25) is 0 Å². The molecule has 0 aliphatic rings. The zero-order valence-corrected chi connectivity index (χ0v) is 11.2. The molecule has 6 nitrogen and oxygen atoms in total. The number of hydrogen-bond acceptors (Lipinski definition) is 3. The van der Waals surface area contributed by atoms with Crippen molar-refractivity contribution in [2.45, 2.75) is 26.3 Å². The predicted octanol–water partition coefficient (Wildman–Crippen LogP) is 1.08. The van der Waals surface area contributed by atoms with Gasteiger partial charge in [0.15, 0.2) is 0 Å². The van der Waals surface area contributed by atoms with Crippen LogP contribution in [-0.4, -0.2) is 54.9 Å². The Labute approximate surface area is 108 Å². The van der Waals surface area contributed by atoms with Gasteiger partial charge in [-0.25, -0.2) is 9.59 Å². The number of ether oxygens (including phenoxy) is 1. The largest absolute Gasteiger partial charge is 0.480 e. The summed E-state index contributed by atoms with van der Waals surface area (Å²) in [6.45, 7) is 8.57. The van der Waals surface area contributed by atoms with Gasteiger partial charge in [-0.15, -0.1) is 0 Å². The van der Waals surface area contributed by atoms with E-state index in [0.717, 1.165) is 5.57 Å². The van der Waals surface area contributed by atoms with E-state index in [9.17, 15) is 9.59 Å². The fourth-order valence-corrected chi connectivity index (χ4v) is 1.39. The normalized spacial score (nSPS) is 11.7. The predicted molar refractivity (Wildman–Crippen MR) is 68.5 cm³/mol. The van der Waals surface area contributed by atoms with Crippen molar-refractivity contribution in [3.05, 3.63) is 12.2 Å². The van der Waals surface area contributed by atoms with Crippen molar-refractivity contribution in [3.63, 3.8) is 0 Å². The lowest BCUT2D eigenvalue weighted by Crippen LogP contribution is -2.48. The van der Waals surface area contributed by atoms with E-state index >= 15 is 0 Å². The summed E-state index contributed by atoms with van der Waals surface area (Å²) in [5.41, 5.74) is 0.843. The van der Waals surface area contributed by atoms with Gasteiger partial charge in [-0.05, 0) is 13.8 Å². The first-order chi connectivity index (χ1) is 8.42. The van der Waals surface area contributed by atoms with Crippen LogP contribution < -0.4 is 5.32 Å². The quantitative estimate of drug-likeness (QED) is 0.639. The average molecular weight is 258 g/mol. The topological polar surface area (TPSA) is 78.9 Å². The van der Waals surface area contributed by atoms with E-state index in [1.54, 1.807) is 0 Å². The number of aliphatic carboxylic acids is 1. The van der Waals surface area contributed by atoms with Crippen LogP contribution in [0.4, 0.5) is 4.79 Å². The molecule has 18 heavy (non-hydrogen) atoms. The molecule has 0 saturated carbocycles. The van der Waals surface area contributed by atoms with Crippen LogP contribution in [0.5, 0.6) is 0 Å². The van der Waals surface area contributed by atoms with E-state index in [4.69, 9.17) is 9.84 Å². The fourth-order valence-electron chi connectivity index (χ4n) is 1.39. The molecule has 0 rings (SSSR count). The molecular formula is C12H22N2O4.